The minimum atomic E-state index is -4.39. The molecule has 3 rings (SSSR count). The molecule has 0 radical (unpaired) electrons. The standard InChI is InChI=1S/C14H14Cl2F3N5OS/c15-10-5-9(6-11(16)20-10)7-26-13-22-21-12(23-1-3-25-4-2-23)24(13)8-14(17,18)19/h5-6H,1-4,7-8H2. The number of nitrogens with zero attached hydrogens (tertiary/aromatic N) is 5. The number of rotatable bonds is 5. The predicted molar refractivity (Wildman–Crippen MR) is 92.9 cm³/mol. The smallest absolute Gasteiger partial charge is 0.378 e. The quantitative estimate of drug-likeness (QED) is 0.535. The highest BCUT2D eigenvalue weighted by Crippen LogP contribution is 2.30. The molecule has 0 N–H and O–H groups in total. The topological polar surface area (TPSA) is 56.1 Å². The van der Waals surface area contributed by atoms with Crippen molar-refractivity contribution >= 4 is 40.9 Å². The van der Waals surface area contributed by atoms with E-state index in [0.717, 1.165) is 21.9 Å². The number of morpholine rings is 1. The Morgan fingerprint density at radius 2 is 1.77 bits per heavy atom. The molecule has 0 atom stereocenters. The highest BCUT2D eigenvalue weighted by molar-refractivity contribution is 7.98. The van der Waals surface area contributed by atoms with Crippen LogP contribution in [0, 0.1) is 0 Å². The summed E-state index contributed by atoms with van der Waals surface area (Å²) in [6, 6.07) is 3.21. The first-order chi connectivity index (χ1) is 12.3. The van der Waals surface area contributed by atoms with Gasteiger partial charge in [0.25, 0.3) is 0 Å². The van der Waals surface area contributed by atoms with Gasteiger partial charge in [-0.15, -0.1) is 10.2 Å². The molecule has 1 saturated heterocycles. The van der Waals surface area contributed by atoms with Crippen molar-refractivity contribution in [2.75, 3.05) is 31.2 Å². The third-order valence-corrected chi connectivity index (χ3v) is 4.94. The van der Waals surface area contributed by atoms with Crippen LogP contribution in [0.15, 0.2) is 17.3 Å². The summed E-state index contributed by atoms with van der Waals surface area (Å²) < 4.78 is 45.5. The number of ether oxygens (including phenoxy) is 1. The largest absolute Gasteiger partial charge is 0.406 e. The fraction of sp³-hybridized carbons (Fsp3) is 0.500. The van der Waals surface area contributed by atoms with Crippen LogP contribution in [0.3, 0.4) is 0 Å². The fourth-order valence-corrected chi connectivity index (χ4v) is 3.82. The maximum absolute atomic E-state index is 13.0. The number of anilines is 1. The first-order valence-corrected chi connectivity index (χ1v) is 9.33. The predicted octanol–water partition coefficient (Wildman–Crippen LogP) is 3.67. The molecule has 0 amide bonds. The van der Waals surface area contributed by atoms with Crippen LogP contribution in [0.1, 0.15) is 5.56 Å². The second-order valence-electron chi connectivity index (χ2n) is 5.49. The molecule has 6 nitrogen and oxygen atoms in total. The molecule has 0 spiro atoms. The summed E-state index contributed by atoms with van der Waals surface area (Å²) >= 11 is 12.8. The van der Waals surface area contributed by atoms with Crippen molar-refractivity contribution < 1.29 is 17.9 Å². The molecule has 0 aliphatic carbocycles. The molecule has 2 aromatic rings. The SMILES string of the molecule is FC(F)(F)Cn1c(SCc2cc(Cl)nc(Cl)c2)nnc1N1CCOCC1. The number of aromatic nitrogens is 4. The maximum atomic E-state index is 13.0. The number of pyridine rings is 1. The molecule has 142 valence electrons. The Balaban J connectivity index is 1.82. The molecular weight excluding hydrogens is 414 g/mol. The molecule has 3 heterocycles. The average Bonchev–Trinajstić information content (AvgIpc) is 2.93. The van der Waals surface area contributed by atoms with Gasteiger partial charge in [-0.1, -0.05) is 35.0 Å². The Morgan fingerprint density at radius 1 is 1.12 bits per heavy atom. The van der Waals surface area contributed by atoms with E-state index < -0.39 is 12.7 Å². The Kier molecular flexibility index (Phi) is 6.16. The lowest BCUT2D eigenvalue weighted by Gasteiger charge is -2.28. The second kappa shape index (κ2) is 8.20. The zero-order chi connectivity index (χ0) is 18.7. The fourth-order valence-electron chi connectivity index (χ4n) is 2.45. The van der Waals surface area contributed by atoms with E-state index in [-0.39, 0.29) is 21.4 Å². The summed E-state index contributed by atoms with van der Waals surface area (Å²) in [7, 11) is 0. The van der Waals surface area contributed by atoms with E-state index in [2.05, 4.69) is 15.2 Å². The second-order valence-corrected chi connectivity index (χ2v) is 7.21. The first-order valence-electron chi connectivity index (χ1n) is 7.59. The van der Waals surface area contributed by atoms with Gasteiger partial charge in [0.05, 0.1) is 13.2 Å². The maximum Gasteiger partial charge on any atom is 0.406 e. The lowest BCUT2D eigenvalue weighted by Crippen LogP contribution is -2.38. The monoisotopic (exact) mass is 427 g/mol. The number of hydrogen-bond acceptors (Lipinski definition) is 6. The van der Waals surface area contributed by atoms with Crippen LogP contribution >= 0.6 is 35.0 Å². The molecule has 26 heavy (non-hydrogen) atoms. The number of halogens is 5. The minimum absolute atomic E-state index is 0.174. The van der Waals surface area contributed by atoms with Crippen molar-refractivity contribution in [3.05, 3.63) is 28.0 Å². The average molecular weight is 428 g/mol. The van der Waals surface area contributed by atoms with Gasteiger partial charge < -0.3 is 9.64 Å². The highest BCUT2D eigenvalue weighted by atomic mass is 35.5. The Labute approximate surface area is 161 Å². The molecule has 0 saturated carbocycles. The van der Waals surface area contributed by atoms with E-state index in [0.29, 0.717) is 32.1 Å². The van der Waals surface area contributed by atoms with Gasteiger partial charge in [0, 0.05) is 18.8 Å². The van der Waals surface area contributed by atoms with Crippen LogP contribution in [0.4, 0.5) is 19.1 Å². The van der Waals surface area contributed by atoms with Crippen molar-refractivity contribution in [3.8, 4) is 0 Å². The molecule has 0 unspecified atom stereocenters. The van der Waals surface area contributed by atoms with Crippen LogP contribution in [0.2, 0.25) is 10.3 Å². The van der Waals surface area contributed by atoms with Crippen molar-refractivity contribution in [1.29, 1.82) is 0 Å². The summed E-state index contributed by atoms with van der Waals surface area (Å²) in [5, 5.41) is 8.53. The summed E-state index contributed by atoms with van der Waals surface area (Å²) in [6.45, 7) is 0.657. The van der Waals surface area contributed by atoms with Crippen LogP contribution in [0.5, 0.6) is 0 Å². The van der Waals surface area contributed by atoms with Gasteiger partial charge in [0.15, 0.2) is 5.16 Å². The summed E-state index contributed by atoms with van der Waals surface area (Å²) in [4.78, 5) is 5.58. The van der Waals surface area contributed by atoms with Crippen molar-refractivity contribution in [2.45, 2.75) is 23.6 Å². The Bertz CT molecular complexity index is 747. The van der Waals surface area contributed by atoms with Gasteiger partial charge in [-0.05, 0) is 17.7 Å². The zero-order valence-electron chi connectivity index (χ0n) is 13.3. The van der Waals surface area contributed by atoms with Crippen LogP contribution < -0.4 is 4.90 Å². The van der Waals surface area contributed by atoms with Crippen LogP contribution in [0.25, 0.3) is 0 Å². The van der Waals surface area contributed by atoms with E-state index in [4.69, 9.17) is 27.9 Å². The lowest BCUT2D eigenvalue weighted by molar-refractivity contribution is -0.141. The van der Waals surface area contributed by atoms with Gasteiger partial charge in [-0.2, -0.15) is 13.2 Å². The Morgan fingerprint density at radius 3 is 2.38 bits per heavy atom. The summed E-state index contributed by atoms with van der Waals surface area (Å²) in [5.41, 5.74) is 0.731. The molecule has 2 aromatic heterocycles. The normalized spacial score (nSPS) is 15.5. The highest BCUT2D eigenvalue weighted by Gasteiger charge is 2.32. The van der Waals surface area contributed by atoms with Crippen molar-refractivity contribution in [1.82, 2.24) is 19.7 Å². The minimum Gasteiger partial charge on any atom is -0.378 e. The van der Waals surface area contributed by atoms with E-state index in [1.165, 1.54) is 0 Å². The van der Waals surface area contributed by atoms with E-state index in [9.17, 15) is 13.2 Å². The number of thioether (sulfide) groups is 1. The molecule has 12 heteroatoms. The molecule has 1 aliphatic rings. The van der Waals surface area contributed by atoms with Crippen molar-refractivity contribution in [2.24, 2.45) is 0 Å². The summed E-state index contributed by atoms with van der Waals surface area (Å²) in [5.74, 6) is 0.528. The molecular formula is C14H14Cl2F3N5OS. The first kappa shape index (κ1) is 19.5. The molecule has 0 bridgehead atoms. The molecule has 1 aliphatic heterocycles. The van der Waals surface area contributed by atoms with Gasteiger partial charge in [0.2, 0.25) is 5.95 Å². The van der Waals surface area contributed by atoms with E-state index in [1.54, 1.807) is 17.0 Å². The summed E-state index contributed by atoms with van der Waals surface area (Å²) in [6.07, 6.45) is -4.39. The third-order valence-electron chi connectivity index (χ3n) is 3.52. The lowest BCUT2D eigenvalue weighted by atomic mass is 10.3. The van der Waals surface area contributed by atoms with E-state index in [1.807, 2.05) is 0 Å². The number of alkyl halides is 3. The zero-order valence-corrected chi connectivity index (χ0v) is 15.7. The van der Waals surface area contributed by atoms with Gasteiger partial charge in [-0.3, -0.25) is 4.57 Å². The van der Waals surface area contributed by atoms with Crippen LogP contribution in [-0.4, -0.2) is 52.2 Å². The van der Waals surface area contributed by atoms with Gasteiger partial charge in [0.1, 0.15) is 16.9 Å². The third kappa shape index (κ3) is 5.15. The Hall–Kier alpha value is -1.23. The molecule has 1 fully saturated rings. The van der Waals surface area contributed by atoms with Gasteiger partial charge in [-0.25, -0.2) is 4.98 Å². The van der Waals surface area contributed by atoms with E-state index >= 15 is 0 Å². The van der Waals surface area contributed by atoms with Crippen molar-refractivity contribution in [3.63, 3.8) is 0 Å². The van der Waals surface area contributed by atoms with Crippen LogP contribution in [-0.2, 0) is 17.0 Å². The number of hydrogen-bond donors (Lipinski definition) is 0. The molecule has 0 aromatic carbocycles. The van der Waals surface area contributed by atoms with Gasteiger partial charge >= 0.3 is 6.18 Å².